The molecule has 0 amide bonds. The zero-order valence-corrected chi connectivity index (χ0v) is 27.3. The molecule has 234 valence electrons. The Balaban J connectivity index is 0.928. The zero-order chi connectivity index (χ0) is 29.1. The molecule has 8 rings (SSSR count). The number of aliphatic hydroxyl groups is 2. The van der Waals surface area contributed by atoms with E-state index >= 15 is 0 Å². The van der Waals surface area contributed by atoms with Gasteiger partial charge in [-0.25, -0.2) is 0 Å². The molecule has 8 fully saturated rings. The van der Waals surface area contributed by atoms with Gasteiger partial charge >= 0.3 is 0 Å². The van der Waals surface area contributed by atoms with E-state index in [4.69, 9.17) is 10.2 Å². The molecular weight excluding hydrogens is 516 g/mol. The third kappa shape index (κ3) is 3.97. The summed E-state index contributed by atoms with van der Waals surface area (Å²) in [5, 5.41) is 31.7. The van der Waals surface area contributed by atoms with Crippen molar-refractivity contribution in [2.75, 3.05) is 0 Å². The van der Waals surface area contributed by atoms with E-state index in [1.54, 1.807) is 0 Å². The van der Waals surface area contributed by atoms with E-state index in [0.29, 0.717) is 10.8 Å². The fraction of sp³-hybridized carbons (Fsp3) is 0.947. The van der Waals surface area contributed by atoms with Crippen LogP contribution in [0.1, 0.15) is 143 Å². The van der Waals surface area contributed by atoms with Crippen molar-refractivity contribution in [3.05, 3.63) is 0 Å². The highest BCUT2D eigenvalue weighted by molar-refractivity contribution is 5.89. The molecule has 0 aromatic rings. The van der Waals surface area contributed by atoms with Crippen LogP contribution < -0.4 is 0 Å². The number of aliphatic hydroxyl groups excluding tert-OH is 2. The van der Waals surface area contributed by atoms with Crippen molar-refractivity contribution in [3.63, 3.8) is 0 Å². The van der Waals surface area contributed by atoms with E-state index in [1.807, 2.05) is 0 Å². The highest BCUT2D eigenvalue weighted by Gasteiger charge is 2.61. The fourth-order valence-electron chi connectivity index (χ4n) is 14.4. The SMILES string of the molecule is C[C@]12CC[C@H]3[C@@H](CC[C@H]4C/C(=N\N=C5/CC[C@@]6(C)[C@H](CC[C@@H]7[C@@H]6CC[C@]6(C)[C@@H](O)CC[C@@H]76)C5)CC[C@@]43C)[C@H]1CC[C@@H]2O. The van der Waals surface area contributed by atoms with Crippen molar-refractivity contribution in [1.82, 2.24) is 0 Å². The monoisotopic (exact) mass is 576 g/mol. The normalized spacial score (nSPS) is 58.9. The Morgan fingerprint density at radius 2 is 0.881 bits per heavy atom. The number of fused-ring (bicyclic) bond motifs is 10. The number of hydrogen-bond acceptors (Lipinski definition) is 4. The minimum atomic E-state index is -0.0642. The molecule has 0 saturated heterocycles. The lowest BCUT2D eigenvalue weighted by molar-refractivity contribution is -0.112. The predicted octanol–water partition coefficient (Wildman–Crippen LogP) is 8.59. The standard InChI is InChI=1S/C38H60N2O2/c1-35-17-13-25(21-23(35)5-7-27-29-9-11-33(41)37(29,3)19-15-31(27)35)39-40-26-14-18-36(2)24(22-26)6-8-28-30-10-12-34(42)38(30,4)20-16-32(28)36/h23-24,27-34,41-42H,5-22H2,1-4H3/b39-25-,40-26+/t23-,24+,27-,28-,29+,30-,31-,32-,33-,34-,35-,36-,37-,38-/m0/s1. The summed E-state index contributed by atoms with van der Waals surface area (Å²) in [5.74, 6) is 6.43. The Kier molecular flexibility index (Phi) is 6.75. The summed E-state index contributed by atoms with van der Waals surface area (Å²) in [6, 6.07) is 0. The first-order valence-electron chi connectivity index (χ1n) is 18.5. The molecule has 4 heteroatoms. The lowest BCUT2D eigenvalue weighted by Gasteiger charge is -2.60. The second-order valence-electron chi connectivity index (χ2n) is 18.3. The van der Waals surface area contributed by atoms with Gasteiger partial charge in [0.15, 0.2) is 0 Å². The molecule has 0 aromatic carbocycles. The molecule has 2 N–H and O–H groups in total. The summed E-state index contributed by atoms with van der Waals surface area (Å²) in [6.45, 7) is 10.1. The van der Waals surface area contributed by atoms with Crippen LogP contribution in [-0.4, -0.2) is 33.8 Å². The Morgan fingerprint density at radius 3 is 1.31 bits per heavy atom. The van der Waals surface area contributed by atoms with Crippen LogP contribution in [0.4, 0.5) is 0 Å². The van der Waals surface area contributed by atoms with Crippen LogP contribution in [0.3, 0.4) is 0 Å². The highest BCUT2D eigenvalue weighted by atomic mass is 16.3. The maximum absolute atomic E-state index is 10.8. The van der Waals surface area contributed by atoms with Crippen molar-refractivity contribution in [3.8, 4) is 0 Å². The number of nitrogens with zero attached hydrogens (tertiary/aromatic N) is 2. The minimum absolute atomic E-state index is 0.0642. The van der Waals surface area contributed by atoms with Gasteiger partial charge in [0.1, 0.15) is 0 Å². The summed E-state index contributed by atoms with van der Waals surface area (Å²) < 4.78 is 0. The van der Waals surface area contributed by atoms with Gasteiger partial charge in [-0.05, 0) is 185 Å². The van der Waals surface area contributed by atoms with Crippen molar-refractivity contribution >= 4 is 11.4 Å². The molecule has 0 spiro atoms. The summed E-state index contributed by atoms with van der Waals surface area (Å²) >= 11 is 0. The third-order valence-electron chi connectivity index (χ3n) is 17.2. The van der Waals surface area contributed by atoms with E-state index in [2.05, 4.69) is 27.7 Å². The van der Waals surface area contributed by atoms with Gasteiger partial charge in [-0.1, -0.05) is 27.7 Å². The highest BCUT2D eigenvalue weighted by Crippen LogP contribution is 2.67. The van der Waals surface area contributed by atoms with Gasteiger partial charge in [-0.3, -0.25) is 0 Å². The first-order valence-corrected chi connectivity index (χ1v) is 18.5. The molecular formula is C38H60N2O2. The van der Waals surface area contributed by atoms with Crippen molar-refractivity contribution in [2.45, 2.75) is 155 Å². The van der Waals surface area contributed by atoms with Crippen molar-refractivity contribution in [1.29, 1.82) is 0 Å². The second-order valence-corrected chi connectivity index (χ2v) is 18.3. The topological polar surface area (TPSA) is 65.2 Å². The molecule has 0 unspecified atom stereocenters. The van der Waals surface area contributed by atoms with Gasteiger partial charge in [0.05, 0.1) is 12.2 Å². The van der Waals surface area contributed by atoms with Gasteiger partial charge < -0.3 is 10.2 Å². The van der Waals surface area contributed by atoms with Crippen molar-refractivity contribution < 1.29 is 10.2 Å². The molecule has 0 aromatic heterocycles. The van der Waals surface area contributed by atoms with Gasteiger partial charge in [-0.15, -0.1) is 0 Å². The quantitative estimate of drug-likeness (QED) is 0.307. The van der Waals surface area contributed by atoms with Gasteiger partial charge in [0.25, 0.3) is 0 Å². The lowest BCUT2D eigenvalue weighted by Crippen LogP contribution is -2.54. The number of rotatable bonds is 1. The maximum Gasteiger partial charge on any atom is 0.0596 e. The second kappa shape index (κ2) is 9.88. The first kappa shape index (κ1) is 28.7. The van der Waals surface area contributed by atoms with Crippen LogP contribution in [0.15, 0.2) is 10.2 Å². The van der Waals surface area contributed by atoms with Crippen LogP contribution in [0.2, 0.25) is 0 Å². The predicted molar refractivity (Wildman–Crippen MR) is 170 cm³/mol. The Labute approximate surface area is 256 Å². The summed E-state index contributed by atoms with van der Waals surface area (Å²) in [4.78, 5) is 0. The summed E-state index contributed by atoms with van der Waals surface area (Å²) in [6.07, 6.45) is 22.3. The minimum Gasteiger partial charge on any atom is -0.393 e. The van der Waals surface area contributed by atoms with Gasteiger partial charge in [0, 0.05) is 11.4 Å². The van der Waals surface area contributed by atoms with Crippen LogP contribution in [0.5, 0.6) is 0 Å². The van der Waals surface area contributed by atoms with Crippen molar-refractivity contribution in [2.24, 2.45) is 79.2 Å². The average Bonchev–Trinajstić information content (AvgIpc) is 3.46. The lowest BCUT2D eigenvalue weighted by atomic mass is 9.45. The number of hydrogen-bond donors (Lipinski definition) is 2. The molecule has 8 aliphatic rings. The largest absolute Gasteiger partial charge is 0.393 e. The fourth-order valence-corrected chi connectivity index (χ4v) is 14.4. The molecule has 8 saturated carbocycles. The van der Waals surface area contributed by atoms with Crippen LogP contribution in [-0.2, 0) is 0 Å². The Hall–Kier alpha value is -0.740. The van der Waals surface area contributed by atoms with Crippen LogP contribution in [0.25, 0.3) is 0 Å². The molecule has 0 bridgehead atoms. The van der Waals surface area contributed by atoms with E-state index in [1.165, 1.54) is 101 Å². The molecule has 4 nitrogen and oxygen atoms in total. The Morgan fingerprint density at radius 1 is 0.476 bits per heavy atom. The van der Waals surface area contributed by atoms with E-state index < -0.39 is 0 Å². The van der Waals surface area contributed by atoms with Crippen LogP contribution >= 0.6 is 0 Å². The zero-order valence-electron chi connectivity index (χ0n) is 27.3. The molecule has 14 atom stereocenters. The first-order chi connectivity index (χ1) is 20.1. The molecule has 42 heavy (non-hydrogen) atoms. The van der Waals surface area contributed by atoms with E-state index in [9.17, 15) is 10.2 Å². The summed E-state index contributed by atoms with van der Waals surface area (Å²) in [7, 11) is 0. The van der Waals surface area contributed by atoms with E-state index in [-0.39, 0.29) is 23.0 Å². The van der Waals surface area contributed by atoms with Gasteiger partial charge in [-0.2, -0.15) is 10.2 Å². The smallest absolute Gasteiger partial charge is 0.0596 e. The van der Waals surface area contributed by atoms with Gasteiger partial charge in [0.2, 0.25) is 0 Å². The van der Waals surface area contributed by atoms with E-state index in [0.717, 1.165) is 73.0 Å². The van der Waals surface area contributed by atoms with Crippen LogP contribution in [0, 0.1) is 69.0 Å². The average molecular weight is 577 g/mol. The maximum atomic E-state index is 10.8. The molecule has 0 heterocycles. The molecule has 0 radical (unpaired) electrons. The third-order valence-corrected chi connectivity index (χ3v) is 17.2. The molecule has 8 aliphatic carbocycles. The summed E-state index contributed by atoms with van der Waals surface area (Å²) in [5.41, 5.74) is 4.08. The molecule has 0 aliphatic heterocycles. The Bertz CT molecular complexity index is 1060.